The number of hydrogen-bond acceptors (Lipinski definition) is 10. The summed E-state index contributed by atoms with van der Waals surface area (Å²) in [5.74, 6) is -2.45. The number of carbonyl (C=O) groups is 5. The molecular formula is C30H38N4O9S. The molecule has 1 aromatic carbocycles. The number of nitrogens with zero attached hydrogens (tertiary/aromatic N) is 3. The van der Waals surface area contributed by atoms with Crippen LogP contribution in [0.25, 0.3) is 10.9 Å². The van der Waals surface area contributed by atoms with Gasteiger partial charge in [0.1, 0.15) is 17.5 Å². The van der Waals surface area contributed by atoms with E-state index in [1.54, 1.807) is 19.9 Å². The number of benzene rings is 1. The normalized spacial score (nSPS) is 16.4. The predicted octanol–water partition coefficient (Wildman–Crippen LogP) is 3.09. The third-order valence-electron chi connectivity index (χ3n) is 7.69. The Morgan fingerprint density at radius 1 is 1.02 bits per heavy atom. The van der Waals surface area contributed by atoms with Gasteiger partial charge in [0.2, 0.25) is 11.5 Å². The fourth-order valence-electron chi connectivity index (χ4n) is 5.12. The fraction of sp³-hybridized carbons (Fsp3) is 0.533. The summed E-state index contributed by atoms with van der Waals surface area (Å²) >= 11 is 1.52. The predicted molar refractivity (Wildman–Crippen MR) is 161 cm³/mol. The lowest BCUT2D eigenvalue weighted by Gasteiger charge is -2.39. The number of hydrogen-bond donors (Lipinski definition) is 2. The minimum atomic E-state index is -1.17. The van der Waals surface area contributed by atoms with Gasteiger partial charge in [-0.3, -0.25) is 14.4 Å². The minimum absolute atomic E-state index is 0.0528. The first-order valence-electron chi connectivity index (χ1n) is 14.7. The molecular weight excluding hydrogens is 592 g/mol. The number of carboxylic acid groups (broad SMARTS) is 1. The van der Waals surface area contributed by atoms with Crippen LogP contribution in [0.2, 0.25) is 0 Å². The number of carbonyl (C=O) groups excluding carboxylic acids is 4. The molecule has 0 bridgehead atoms. The topological polar surface area (TPSA) is 165 Å². The number of rotatable bonds is 12. The highest BCUT2D eigenvalue weighted by Crippen LogP contribution is 2.40. The van der Waals surface area contributed by atoms with Crippen molar-refractivity contribution in [2.45, 2.75) is 62.5 Å². The number of pyridine rings is 1. The van der Waals surface area contributed by atoms with E-state index < -0.39 is 41.5 Å². The Balaban J connectivity index is 1.59. The second-order valence-electron chi connectivity index (χ2n) is 10.5. The Hall–Kier alpha value is -4.07. The maximum atomic E-state index is 13.6. The molecule has 238 valence electrons. The first kappa shape index (κ1) is 32.8. The molecule has 2 fully saturated rings. The quantitative estimate of drug-likeness (QED) is 0.262. The molecule has 0 radical (unpaired) electrons. The second kappa shape index (κ2) is 14.6. The summed E-state index contributed by atoms with van der Waals surface area (Å²) in [6.07, 6.45) is 2.69. The van der Waals surface area contributed by atoms with Gasteiger partial charge in [-0.1, -0.05) is 0 Å². The lowest BCUT2D eigenvalue weighted by Crippen LogP contribution is -2.56. The van der Waals surface area contributed by atoms with E-state index in [1.807, 2.05) is 18.4 Å². The van der Waals surface area contributed by atoms with E-state index in [2.05, 4.69) is 10.3 Å². The van der Waals surface area contributed by atoms with Crippen LogP contribution in [-0.4, -0.2) is 107 Å². The van der Waals surface area contributed by atoms with Crippen LogP contribution in [-0.2, 0) is 23.9 Å². The van der Waals surface area contributed by atoms with Gasteiger partial charge in [0.25, 0.3) is 5.91 Å². The number of piperazine rings is 1. The Bertz CT molecular complexity index is 1410. The van der Waals surface area contributed by atoms with Crippen molar-refractivity contribution in [1.82, 2.24) is 20.1 Å². The molecule has 3 amide bonds. The van der Waals surface area contributed by atoms with E-state index in [4.69, 9.17) is 14.2 Å². The molecule has 13 nitrogen and oxygen atoms in total. The molecule has 2 aliphatic rings. The van der Waals surface area contributed by atoms with E-state index in [0.29, 0.717) is 23.7 Å². The van der Waals surface area contributed by atoms with Gasteiger partial charge in [0.05, 0.1) is 18.7 Å². The Morgan fingerprint density at radius 3 is 2.30 bits per heavy atom. The van der Waals surface area contributed by atoms with Crippen molar-refractivity contribution in [2.24, 2.45) is 0 Å². The number of esters is 1. The average Bonchev–Trinajstić information content (AvgIpc) is 3.00. The van der Waals surface area contributed by atoms with Crippen LogP contribution in [0, 0.1) is 0 Å². The largest absolute Gasteiger partial charge is 0.481 e. The molecule has 1 atom stereocenters. The van der Waals surface area contributed by atoms with Crippen LogP contribution in [0.4, 0.5) is 4.79 Å². The molecule has 1 unspecified atom stereocenters. The Labute approximate surface area is 259 Å². The molecule has 1 aliphatic carbocycles. The smallest absolute Gasteiger partial charge is 0.409 e. The Morgan fingerprint density at radius 2 is 1.70 bits per heavy atom. The molecule has 1 saturated carbocycles. The monoisotopic (exact) mass is 630 g/mol. The molecule has 4 rings (SSSR count). The molecule has 0 spiro atoms. The summed E-state index contributed by atoms with van der Waals surface area (Å²) in [6, 6.07) is 5.77. The van der Waals surface area contributed by atoms with E-state index in [1.165, 1.54) is 27.6 Å². The number of aliphatic carboxylic acids is 1. The first-order valence-corrected chi connectivity index (χ1v) is 15.9. The van der Waals surface area contributed by atoms with Crippen LogP contribution < -0.4 is 10.1 Å². The summed E-state index contributed by atoms with van der Waals surface area (Å²) in [5, 5.41) is 12.6. The van der Waals surface area contributed by atoms with Gasteiger partial charge in [-0.2, -0.15) is 0 Å². The second-order valence-corrected chi connectivity index (χ2v) is 11.4. The number of aromatic nitrogens is 1. The highest BCUT2D eigenvalue weighted by Gasteiger charge is 2.48. The number of nitrogens with one attached hydrogen (secondary N) is 1. The van der Waals surface area contributed by atoms with E-state index in [9.17, 15) is 29.1 Å². The van der Waals surface area contributed by atoms with Crippen molar-refractivity contribution in [3.05, 3.63) is 30.0 Å². The third kappa shape index (κ3) is 7.52. The number of thioether (sulfide) groups is 1. The minimum Gasteiger partial charge on any atom is -0.481 e. The first-order chi connectivity index (χ1) is 21.1. The third-order valence-corrected chi connectivity index (χ3v) is 8.42. The maximum absolute atomic E-state index is 13.6. The fourth-order valence-corrected chi connectivity index (χ4v) is 5.56. The van der Waals surface area contributed by atoms with Crippen molar-refractivity contribution in [3.63, 3.8) is 0 Å². The van der Waals surface area contributed by atoms with Gasteiger partial charge in [0, 0.05) is 48.9 Å². The van der Waals surface area contributed by atoms with Gasteiger partial charge < -0.3 is 34.4 Å². The molecule has 1 aliphatic heterocycles. The van der Waals surface area contributed by atoms with Crippen LogP contribution in [0.15, 0.2) is 29.2 Å². The van der Waals surface area contributed by atoms with Crippen LogP contribution in [0.5, 0.6) is 5.75 Å². The number of carboxylic acids is 1. The highest BCUT2D eigenvalue weighted by molar-refractivity contribution is 7.98. The zero-order valence-corrected chi connectivity index (χ0v) is 25.9. The summed E-state index contributed by atoms with van der Waals surface area (Å²) in [6.45, 7) is 4.78. The van der Waals surface area contributed by atoms with E-state index in [0.717, 1.165) is 11.3 Å². The SMILES string of the molecule is CCOC(=O)N1CCN(C(=O)C(CCC(=O)O)NC(=O)c2cc(OC3(C(=O)OCC)CCC3)c3cc(SC)ccc3n2)CC1. The Kier molecular flexibility index (Phi) is 10.9. The van der Waals surface area contributed by atoms with Crippen molar-refractivity contribution in [2.75, 3.05) is 45.6 Å². The van der Waals surface area contributed by atoms with Gasteiger partial charge in [-0.25, -0.2) is 14.6 Å². The summed E-state index contributed by atoms with van der Waals surface area (Å²) < 4.78 is 16.6. The van der Waals surface area contributed by atoms with E-state index >= 15 is 0 Å². The summed E-state index contributed by atoms with van der Waals surface area (Å²) in [7, 11) is 0. The molecule has 1 aromatic heterocycles. The summed E-state index contributed by atoms with van der Waals surface area (Å²) in [5.41, 5.74) is -0.769. The number of fused-ring (bicyclic) bond motifs is 1. The molecule has 14 heteroatoms. The molecule has 1 saturated heterocycles. The van der Waals surface area contributed by atoms with Gasteiger partial charge in [0.15, 0.2) is 0 Å². The van der Waals surface area contributed by atoms with Gasteiger partial charge in [-0.15, -0.1) is 11.8 Å². The number of ether oxygens (including phenoxy) is 3. The highest BCUT2D eigenvalue weighted by atomic mass is 32.2. The van der Waals surface area contributed by atoms with Gasteiger partial charge in [-0.05, 0) is 64.0 Å². The van der Waals surface area contributed by atoms with Crippen molar-refractivity contribution < 1.29 is 43.3 Å². The van der Waals surface area contributed by atoms with Crippen LogP contribution in [0.3, 0.4) is 0 Å². The summed E-state index contributed by atoms with van der Waals surface area (Å²) in [4.78, 5) is 71.8. The maximum Gasteiger partial charge on any atom is 0.409 e. The van der Waals surface area contributed by atoms with Crippen LogP contribution in [0.1, 0.15) is 56.4 Å². The van der Waals surface area contributed by atoms with E-state index in [-0.39, 0.29) is 63.7 Å². The van der Waals surface area contributed by atoms with Crippen molar-refractivity contribution >= 4 is 52.5 Å². The standard InChI is InChI=1S/C30H38N4O9S/c1-4-41-28(39)30(11-6-12-30)43-24-18-23(31-21-8-7-19(44-3)17-20(21)24)26(37)32-22(9-10-25(35)36)27(38)33-13-15-34(16-14-33)29(40)42-5-2/h7-8,17-18,22H,4-6,9-16H2,1-3H3,(H,32,37)(H,35,36). The zero-order valence-electron chi connectivity index (χ0n) is 25.1. The molecule has 2 N–H and O–H groups in total. The van der Waals surface area contributed by atoms with Gasteiger partial charge >= 0.3 is 18.0 Å². The number of amides is 3. The average molecular weight is 631 g/mol. The van der Waals surface area contributed by atoms with Crippen LogP contribution >= 0.6 is 11.8 Å². The van der Waals surface area contributed by atoms with Crippen molar-refractivity contribution in [1.29, 1.82) is 0 Å². The lowest BCUT2D eigenvalue weighted by molar-refractivity contribution is -0.169. The molecule has 2 heterocycles. The lowest BCUT2D eigenvalue weighted by atomic mass is 9.80. The molecule has 2 aromatic rings. The zero-order chi connectivity index (χ0) is 31.9. The van der Waals surface area contributed by atoms with Crippen molar-refractivity contribution in [3.8, 4) is 5.75 Å². The molecule has 44 heavy (non-hydrogen) atoms.